The summed E-state index contributed by atoms with van der Waals surface area (Å²) in [6.07, 6.45) is 67.2. The molecule has 100 heavy (non-hydrogen) atoms. The summed E-state index contributed by atoms with van der Waals surface area (Å²) in [6.45, 7) is 7.29. The van der Waals surface area contributed by atoms with Crippen molar-refractivity contribution in [1.29, 1.82) is 0 Å². The van der Waals surface area contributed by atoms with E-state index in [9.17, 15) is 43.2 Å². The van der Waals surface area contributed by atoms with E-state index in [4.69, 9.17) is 37.0 Å². The summed E-state index contributed by atoms with van der Waals surface area (Å²) in [7, 11) is -9.93. The first-order valence-corrected chi connectivity index (χ1v) is 44.4. The molecule has 0 heterocycles. The number of hydrogen-bond donors (Lipinski definition) is 3. The molecule has 5 atom stereocenters. The lowest BCUT2D eigenvalue weighted by molar-refractivity contribution is -0.161. The molecule has 0 saturated heterocycles. The summed E-state index contributed by atoms with van der Waals surface area (Å²) < 4.78 is 68.7. The molecule has 0 aliphatic carbocycles. The van der Waals surface area contributed by atoms with Crippen LogP contribution >= 0.6 is 15.6 Å². The van der Waals surface area contributed by atoms with Crippen molar-refractivity contribution in [2.75, 3.05) is 39.6 Å². The minimum absolute atomic E-state index is 0.0857. The lowest BCUT2D eigenvalue weighted by atomic mass is 10.0. The molecule has 0 aliphatic heterocycles. The van der Waals surface area contributed by atoms with Crippen molar-refractivity contribution in [2.24, 2.45) is 5.92 Å². The molecule has 0 aromatic carbocycles. The third-order valence-electron chi connectivity index (χ3n) is 18.4. The Morgan fingerprint density at radius 1 is 0.310 bits per heavy atom. The summed E-state index contributed by atoms with van der Waals surface area (Å²) in [4.78, 5) is 73.0. The molecule has 3 N–H and O–H groups in total. The number of phosphoric ester groups is 2. The van der Waals surface area contributed by atoms with Crippen LogP contribution in [0.4, 0.5) is 0 Å². The van der Waals surface area contributed by atoms with E-state index in [0.29, 0.717) is 25.7 Å². The van der Waals surface area contributed by atoms with Gasteiger partial charge in [0.2, 0.25) is 0 Å². The summed E-state index contributed by atoms with van der Waals surface area (Å²) in [5.74, 6) is -1.34. The van der Waals surface area contributed by atoms with Gasteiger partial charge in [0.15, 0.2) is 12.2 Å². The van der Waals surface area contributed by atoms with Crippen LogP contribution in [0.5, 0.6) is 0 Å². The summed E-state index contributed by atoms with van der Waals surface area (Å²) in [5.41, 5.74) is 0. The van der Waals surface area contributed by atoms with Crippen LogP contribution in [0.1, 0.15) is 407 Å². The number of aliphatic hydroxyl groups is 1. The maximum absolute atomic E-state index is 13.1. The number of ether oxygens (including phenoxy) is 4. The van der Waals surface area contributed by atoms with Gasteiger partial charge in [-0.15, -0.1) is 0 Å². The molecular formula is C81H154O17P2. The highest BCUT2D eigenvalue weighted by atomic mass is 31.2. The Labute approximate surface area is 612 Å². The molecule has 0 aromatic heterocycles. The van der Waals surface area contributed by atoms with Gasteiger partial charge in [0, 0.05) is 25.7 Å². The Bertz CT molecular complexity index is 2000. The van der Waals surface area contributed by atoms with E-state index in [1.807, 2.05) is 0 Å². The highest BCUT2D eigenvalue weighted by molar-refractivity contribution is 7.47. The lowest BCUT2D eigenvalue weighted by Crippen LogP contribution is -2.30. The van der Waals surface area contributed by atoms with Crippen molar-refractivity contribution in [2.45, 2.75) is 425 Å². The van der Waals surface area contributed by atoms with Gasteiger partial charge in [-0.25, -0.2) is 9.13 Å². The van der Waals surface area contributed by atoms with Crippen LogP contribution in [0.25, 0.3) is 0 Å². The predicted molar refractivity (Wildman–Crippen MR) is 409 cm³/mol. The molecule has 17 nitrogen and oxygen atoms in total. The molecule has 19 heteroatoms. The number of allylic oxidation sites excluding steroid dienone is 4. The van der Waals surface area contributed by atoms with E-state index in [1.165, 1.54) is 218 Å². The third kappa shape index (κ3) is 73.8. The van der Waals surface area contributed by atoms with E-state index in [-0.39, 0.29) is 25.7 Å². The molecular weight excluding hydrogens is 1310 g/mol. The van der Waals surface area contributed by atoms with Crippen LogP contribution in [-0.2, 0) is 65.4 Å². The van der Waals surface area contributed by atoms with Gasteiger partial charge >= 0.3 is 39.5 Å². The smallest absolute Gasteiger partial charge is 0.462 e. The first-order chi connectivity index (χ1) is 48.5. The molecule has 0 bridgehead atoms. The van der Waals surface area contributed by atoms with E-state index < -0.39 is 97.5 Å². The van der Waals surface area contributed by atoms with Gasteiger partial charge in [-0.2, -0.15) is 0 Å². The van der Waals surface area contributed by atoms with Crippen LogP contribution in [-0.4, -0.2) is 96.7 Å². The van der Waals surface area contributed by atoms with E-state index in [1.54, 1.807) is 0 Å². The zero-order chi connectivity index (χ0) is 73.4. The minimum atomic E-state index is -4.97. The molecule has 0 spiro atoms. The quantitative estimate of drug-likeness (QED) is 0.0169. The number of aliphatic hydroxyl groups excluding tert-OH is 1. The van der Waals surface area contributed by atoms with Crippen molar-refractivity contribution in [1.82, 2.24) is 0 Å². The van der Waals surface area contributed by atoms with Gasteiger partial charge in [-0.3, -0.25) is 37.3 Å². The van der Waals surface area contributed by atoms with Gasteiger partial charge in [-0.05, 0) is 57.3 Å². The standard InChI is InChI=1S/C81H154O17P2/c1-6-9-12-15-18-21-24-27-29-31-35-40-45-50-55-60-65-79(84)92-71-77(98-81(86)67-62-57-52-47-42-37-33-32-34-38-43-48-53-58-63-74(4)5)73-96-100(89,90)94-69-75(82)68-93-99(87,88)95-72-76(70-91-78(83)64-59-54-49-44-39-26-23-20-17-14-11-8-3)97-80(85)66-61-56-51-46-41-36-30-28-25-22-19-16-13-10-7-2/h22,25,28,30,74-77,82H,6-21,23-24,26-27,29,31-73H2,1-5H3,(H,87,88)(H,89,90)/b25-22-,30-28-/t75-,76+,77+/m0/s1. The number of hydrogen-bond acceptors (Lipinski definition) is 15. The second kappa shape index (κ2) is 73.4. The van der Waals surface area contributed by atoms with Crippen LogP contribution in [0, 0.1) is 5.92 Å². The fraction of sp³-hybridized carbons (Fsp3) is 0.901. The second-order valence-electron chi connectivity index (χ2n) is 29.0. The molecule has 0 amide bonds. The second-order valence-corrected chi connectivity index (χ2v) is 31.9. The maximum Gasteiger partial charge on any atom is 0.472 e. The Morgan fingerprint density at radius 2 is 0.540 bits per heavy atom. The van der Waals surface area contributed by atoms with Crippen molar-refractivity contribution >= 4 is 39.5 Å². The molecule has 0 fully saturated rings. The number of phosphoric acid groups is 2. The SMILES string of the molecule is CCCCCC/C=C\C=C/CCCCCCCC(=O)O[C@H](COC(=O)CCCCCCCCCCCCCC)COP(=O)(O)OC[C@H](O)COP(=O)(O)OC[C@@H](COC(=O)CCCCCCCCCCCCCCCCCC)OC(=O)CCCCCCCCCCCCCCCCC(C)C. The summed E-state index contributed by atoms with van der Waals surface area (Å²) >= 11 is 0. The van der Waals surface area contributed by atoms with Gasteiger partial charge in [0.25, 0.3) is 0 Å². The zero-order valence-corrected chi connectivity index (χ0v) is 66.6. The maximum atomic E-state index is 13.1. The molecule has 0 aromatic rings. The average Bonchev–Trinajstić information content (AvgIpc) is 0.925. The molecule has 0 saturated carbocycles. The first-order valence-electron chi connectivity index (χ1n) is 41.5. The van der Waals surface area contributed by atoms with Crippen molar-refractivity contribution in [3.8, 4) is 0 Å². The molecule has 0 radical (unpaired) electrons. The van der Waals surface area contributed by atoms with Crippen molar-refractivity contribution < 1.29 is 80.2 Å². The van der Waals surface area contributed by atoms with Crippen LogP contribution in [0.15, 0.2) is 24.3 Å². The van der Waals surface area contributed by atoms with Gasteiger partial charge < -0.3 is 33.8 Å². The van der Waals surface area contributed by atoms with Crippen molar-refractivity contribution in [3.05, 3.63) is 24.3 Å². The largest absolute Gasteiger partial charge is 0.472 e. The number of carbonyl (C=O) groups excluding carboxylic acids is 4. The fourth-order valence-electron chi connectivity index (χ4n) is 12.0. The number of unbranched alkanes of at least 4 members (excludes halogenated alkanes) is 48. The van der Waals surface area contributed by atoms with Gasteiger partial charge in [0.05, 0.1) is 26.4 Å². The van der Waals surface area contributed by atoms with Crippen molar-refractivity contribution in [3.63, 3.8) is 0 Å². The summed E-state index contributed by atoms with van der Waals surface area (Å²) in [6, 6.07) is 0. The molecule has 2 unspecified atom stereocenters. The fourth-order valence-corrected chi connectivity index (χ4v) is 13.6. The highest BCUT2D eigenvalue weighted by Crippen LogP contribution is 2.45. The monoisotopic (exact) mass is 1460 g/mol. The Balaban J connectivity index is 5.29. The lowest BCUT2D eigenvalue weighted by Gasteiger charge is -2.21. The molecule has 0 aliphatic rings. The highest BCUT2D eigenvalue weighted by Gasteiger charge is 2.30. The Morgan fingerprint density at radius 3 is 0.820 bits per heavy atom. The van der Waals surface area contributed by atoms with Gasteiger partial charge in [-0.1, -0.05) is 354 Å². The van der Waals surface area contributed by atoms with E-state index >= 15 is 0 Å². The van der Waals surface area contributed by atoms with E-state index in [0.717, 1.165) is 109 Å². The van der Waals surface area contributed by atoms with Gasteiger partial charge in [0.1, 0.15) is 19.3 Å². The Kier molecular flexibility index (Phi) is 71.6. The minimum Gasteiger partial charge on any atom is -0.462 e. The zero-order valence-electron chi connectivity index (χ0n) is 64.8. The molecule has 590 valence electrons. The van der Waals surface area contributed by atoms with Crippen LogP contribution in [0.3, 0.4) is 0 Å². The number of rotatable bonds is 79. The van der Waals surface area contributed by atoms with Crippen LogP contribution in [0.2, 0.25) is 0 Å². The summed E-state index contributed by atoms with van der Waals surface area (Å²) in [5, 5.41) is 10.6. The van der Waals surface area contributed by atoms with E-state index in [2.05, 4.69) is 58.9 Å². The number of carbonyl (C=O) groups is 4. The topological polar surface area (TPSA) is 237 Å². The Hall–Kier alpha value is -2.46. The normalized spacial score (nSPS) is 14.0. The first kappa shape index (κ1) is 97.5. The number of esters is 4. The average molecular weight is 1460 g/mol. The predicted octanol–water partition coefficient (Wildman–Crippen LogP) is 24.0. The third-order valence-corrected chi connectivity index (χ3v) is 20.3. The van der Waals surface area contributed by atoms with Crippen LogP contribution < -0.4 is 0 Å². The molecule has 0 rings (SSSR count).